The molecule has 1 aromatic carbocycles. The maximum Gasteiger partial charge on any atom is 0.259 e. The Balaban J connectivity index is 1.98. The van der Waals surface area contributed by atoms with Crippen LogP contribution in [-0.4, -0.2) is 24.1 Å². The number of fused-ring (bicyclic) bond motifs is 1. The van der Waals surface area contributed by atoms with Crippen LogP contribution in [0, 0.1) is 20.8 Å². The van der Waals surface area contributed by atoms with Crippen molar-refractivity contribution in [3.05, 3.63) is 39.9 Å². The summed E-state index contributed by atoms with van der Waals surface area (Å²) in [6.07, 6.45) is 0. The predicted molar refractivity (Wildman–Crippen MR) is 107 cm³/mol. The highest BCUT2D eigenvalue weighted by atomic mass is 32.1. The third-order valence-electron chi connectivity index (χ3n) is 4.34. The number of amides is 1. The van der Waals surface area contributed by atoms with Crippen molar-refractivity contribution < 1.29 is 14.3 Å². The molecule has 3 aromatic rings. The van der Waals surface area contributed by atoms with Crippen molar-refractivity contribution >= 4 is 33.1 Å². The predicted octanol–water partition coefficient (Wildman–Crippen LogP) is 5.20. The summed E-state index contributed by atoms with van der Waals surface area (Å²) in [4.78, 5) is 17.4. The van der Waals surface area contributed by atoms with Gasteiger partial charge in [-0.15, -0.1) is 11.3 Å². The first-order chi connectivity index (χ1) is 12.5. The number of thiophene rings is 1. The Morgan fingerprint density at radius 3 is 2.58 bits per heavy atom. The van der Waals surface area contributed by atoms with Gasteiger partial charge in [0.05, 0.1) is 34.7 Å². The van der Waals surface area contributed by atoms with E-state index in [1.54, 1.807) is 17.4 Å². The van der Waals surface area contributed by atoms with Crippen molar-refractivity contribution in [2.45, 2.75) is 34.6 Å². The van der Waals surface area contributed by atoms with E-state index in [0.717, 1.165) is 20.8 Å². The number of ether oxygens (including phenoxy) is 2. The maximum atomic E-state index is 13.0. The van der Waals surface area contributed by atoms with Gasteiger partial charge in [-0.3, -0.25) is 4.79 Å². The summed E-state index contributed by atoms with van der Waals surface area (Å²) in [6, 6.07) is 5.47. The second kappa shape index (κ2) is 7.41. The molecule has 1 amide bonds. The van der Waals surface area contributed by atoms with Crippen LogP contribution in [0.3, 0.4) is 0 Å². The molecule has 0 bridgehead atoms. The second-order valence-electron chi connectivity index (χ2n) is 6.09. The molecule has 0 radical (unpaired) electrons. The number of anilines is 1. The number of carbonyl (C=O) groups is 1. The maximum absolute atomic E-state index is 13.0. The lowest BCUT2D eigenvalue weighted by Crippen LogP contribution is -2.14. The van der Waals surface area contributed by atoms with Gasteiger partial charge in [0.15, 0.2) is 0 Å². The van der Waals surface area contributed by atoms with Crippen molar-refractivity contribution in [1.82, 2.24) is 4.98 Å². The molecular formula is C20H24N2O3S. The van der Waals surface area contributed by atoms with Crippen LogP contribution < -0.4 is 14.8 Å². The van der Waals surface area contributed by atoms with Gasteiger partial charge in [-0.25, -0.2) is 0 Å². The highest BCUT2D eigenvalue weighted by molar-refractivity contribution is 7.19. The summed E-state index contributed by atoms with van der Waals surface area (Å²) in [6.45, 7) is 11.0. The Kier molecular flexibility index (Phi) is 5.23. The van der Waals surface area contributed by atoms with Crippen LogP contribution in [0.4, 0.5) is 5.69 Å². The first-order valence-electron chi connectivity index (χ1n) is 8.75. The van der Waals surface area contributed by atoms with Crippen LogP contribution in [0.25, 0.3) is 10.2 Å². The van der Waals surface area contributed by atoms with E-state index in [9.17, 15) is 4.79 Å². The zero-order valence-corrected chi connectivity index (χ0v) is 16.6. The summed E-state index contributed by atoms with van der Waals surface area (Å²) in [5.41, 5.74) is 4.49. The van der Waals surface area contributed by atoms with Crippen LogP contribution in [0.5, 0.6) is 11.5 Å². The van der Waals surface area contributed by atoms with Crippen molar-refractivity contribution in [1.29, 1.82) is 0 Å². The van der Waals surface area contributed by atoms with Crippen LogP contribution in [0.15, 0.2) is 18.2 Å². The number of aryl methyl sites for hydroxylation is 3. The topological polar surface area (TPSA) is 63.4 Å². The van der Waals surface area contributed by atoms with Gasteiger partial charge in [-0.2, -0.15) is 0 Å². The molecule has 2 heterocycles. The van der Waals surface area contributed by atoms with E-state index >= 15 is 0 Å². The molecular weight excluding hydrogens is 348 g/mol. The third-order valence-corrected chi connectivity index (χ3v) is 5.56. The number of benzene rings is 1. The third kappa shape index (κ3) is 3.29. The van der Waals surface area contributed by atoms with E-state index in [1.165, 1.54) is 5.56 Å². The fraction of sp³-hybridized carbons (Fsp3) is 0.350. The van der Waals surface area contributed by atoms with Gasteiger partial charge in [0.2, 0.25) is 0 Å². The van der Waals surface area contributed by atoms with Gasteiger partial charge in [0.25, 0.3) is 5.91 Å². The van der Waals surface area contributed by atoms with E-state index in [-0.39, 0.29) is 5.91 Å². The first kappa shape index (κ1) is 18.3. The smallest absolute Gasteiger partial charge is 0.259 e. The fourth-order valence-electron chi connectivity index (χ4n) is 2.98. The molecule has 0 aliphatic carbocycles. The summed E-state index contributed by atoms with van der Waals surface area (Å²) in [5.74, 6) is 1.18. The van der Waals surface area contributed by atoms with Gasteiger partial charge < -0.3 is 19.8 Å². The summed E-state index contributed by atoms with van der Waals surface area (Å²) in [5, 5.41) is 3.00. The zero-order valence-electron chi connectivity index (χ0n) is 15.8. The molecule has 5 nitrogen and oxygen atoms in total. The molecule has 0 unspecified atom stereocenters. The Morgan fingerprint density at radius 2 is 1.88 bits per heavy atom. The number of aromatic nitrogens is 1. The molecule has 3 rings (SSSR count). The van der Waals surface area contributed by atoms with Gasteiger partial charge in [-0.05, 0) is 52.3 Å². The summed E-state index contributed by atoms with van der Waals surface area (Å²) < 4.78 is 12.3. The van der Waals surface area contributed by atoms with Crippen LogP contribution in [-0.2, 0) is 0 Å². The van der Waals surface area contributed by atoms with E-state index in [4.69, 9.17) is 9.47 Å². The monoisotopic (exact) mass is 372 g/mol. The average Bonchev–Trinajstić information content (AvgIpc) is 3.05. The minimum Gasteiger partial charge on any atom is -0.494 e. The Bertz CT molecular complexity index is 956. The number of hydrogen-bond donors (Lipinski definition) is 2. The number of carbonyl (C=O) groups excluding carboxylic acids is 1. The highest BCUT2D eigenvalue weighted by Crippen LogP contribution is 2.36. The number of aromatic amines is 1. The highest BCUT2D eigenvalue weighted by Gasteiger charge is 2.21. The largest absolute Gasteiger partial charge is 0.494 e. The number of nitrogens with one attached hydrogen (secondary N) is 2. The fourth-order valence-corrected chi connectivity index (χ4v) is 4.15. The summed E-state index contributed by atoms with van der Waals surface area (Å²) >= 11 is 1.64. The van der Waals surface area contributed by atoms with E-state index in [2.05, 4.69) is 17.2 Å². The molecule has 0 spiro atoms. The molecule has 0 aliphatic heterocycles. The van der Waals surface area contributed by atoms with Crippen molar-refractivity contribution in [3.63, 3.8) is 0 Å². The SMILES string of the molecule is CCOc1ccc(OCC)c(NC(=O)c2c(C)sc3c(C)c(C)[nH]c23)c1. The Labute approximate surface area is 157 Å². The van der Waals surface area contributed by atoms with Crippen molar-refractivity contribution in [3.8, 4) is 11.5 Å². The van der Waals surface area contributed by atoms with Gasteiger partial charge in [0, 0.05) is 16.6 Å². The molecule has 26 heavy (non-hydrogen) atoms. The number of hydrogen-bond acceptors (Lipinski definition) is 4. The molecule has 2 N–H and O–H groups in total. The van der Waals surface area contributed by atoms with E-state index in [1.807, 2.05) is 39.8 Å². The standard InChI is InChI=1S/C20H24N2O3S/c1-6-24-14-8-9-16(25-7-2)15(10-14)22-20(23)17-13(5)26-19-11(3)12(4)21-18(17)19/h8-10,21H,6-7H2,1-5H3,(H,22,23). The lowest BCUT2D eigenvalue weighted by atomic mass is 10.2. The quantitative estimate of drug-likeness (QED) is 0.625. The van der Waals surface area contributed by atoms with Crippen LogP contribution in [0.2, 0.25) is 0 Å². The molecule has 0 saturated heterocycles. The molecule has 0 atom stereocenters. The minimum atomic E-state index is -0.149. The van der Waals surface area contributed by atoms with Crippen molar-refractivity contribution in [2.24, 2.45) is 0 Å². The second-order valence-corrected chi connectivity index (χ2v) is 7.32. The van der Waals surface area contributed by atoms with Gasteiger partial charge in [0.1, 0.15) is 11.5 Å². The molecule has 0 aliphatic rings. The molecule has 0 fully saturated rings. The van der Waals surface area contributed by atoms with Crippen LogP contribution >= 0.6 is 11.3 Å². The first-order valence-corrected chi connectivity index (χ1v) is 9.57. The normalized spacial score (nSPS) is 11.0. The van der Waals surface area contributed by atoms with Crippen molar-refractivity contribution in [2.75, 3.05) is 18.5 Å². The number of H-pyrrole nitrogens is 1. The Hall–Kier alpha value is -2.47. The lowest BCUT2D eigenvalue weighted by Gasteiger charge is -2.13. The van der Waals surface area contributed by atoms with Gasteiger partial charge >= 0.3 is 0 Å². The van der Waals surface area contributed by atoms with E-state index in [0.29, 0.717) is 36.0 Å². The molecule has 0 saturated carbocycles. The van der Waals surface area contributed by atoms with Crippen LogP contribution in [0.1, 0.15) is 40.3 Å². The number of rotatable bonds is 6. The molecule has 138 valence electrons. The van der Waals surface area contributed by atoms with E-state index < -0.39 is 0 Å². The molecule has 2 aromatic heterocycles. The molecule has 6 heteroatoms. The lowest BCUT2D eigenvalue weighted by molar-refractivity contribution is 0.102. The Morgan fingerprint density at radius 1 is 1.15 bits per heavy atom. The summed E-state index contributed by atoms with van der Waals surface area (Å²) in [7, 11) is 0. The zero-order chi connectivity index (χ0) is 18.8. The minimum absolute atomic E-state index is 0.149. The van der Waals surface area contributed by atoms with Gasteiger partial charge in [-0.1, -0.05) is 0 Å². The average molecular weight is 372 g/mol.